The van der Waals surface area contributed by atoms with Gasteiger partial charge < -0.3 is 31.1 Å². The van der Waals surface area contributed by atoms with Crippen molar-refractivity contribution in [1.82, 2.24) is 9.80 Å². The van der Waals surface area contributed by atoms with Crippen LogP contribution >= 0.6 is 0 Å². The van der Waals surface area contributed by atoms with Gasteiger partial charge in [0.2, 0.25) is 0 Å². The van der Waals surface area contributed by atoms with E-state index in [2.05, 4.69) is 4.90 Å². The Kier molecular flexibility index (Phi) is 6.81. The predicted octanol–water partition coefficient (Wildman–Crippen LogP) is 2.76. The van der Waals surface area contributed by atoms with Gasteiger partial charge >= 0.3 is 0 Å². The summed E-state index contributed by atoms with van der Waals surface area (Å²) in [6, 6.07) is 10.6. The van der Waals surface area contributed by atoms with Crippen LogP contribution in [0.5, 0.6) is 5.75 Å². The summed E-state index contributed by atoms with van der Waals surface area (Å²) >= 11 is 0. The van der Waals surface area contributed by atoms with Crippen LogP contribution in [0.25, 0.3) is 16.9 Å². The van der Waals surface area contributed by atoms with Crippen LogP contribution in [-0.4, -0.2) is 81.7 Å². The van der Waals surface area contributed by atoms with Crippen molar-refractivity contribution in [2.45, 2.75) is 38.0 Å². The number of carbonyl (C=O) groups excluding carboxylic acids is 2. The number of likely N-dealkylation sites (N-methyl/N-ethyl adjacent to an activating group) is 1. The summed E-state index contributed by atoms with van der Waals surface area (Å²) in [4.78, 5) is 30.3. The maximum absolute atomic E-state index is 14.2. The number of hydrogen-bond donors (Lipinski definition) is 5. The molecular formula is C31H37N3O6. The largest absolute Gasteiger partial charge is 0.510 e. The van der Waals surface area contributed by atoms with Crippen LogP contribution < -0.4 is 5.73 Å². The van der Waals surface area contributed by atoms with Gasteiger partial charge in [-0.2, -0.15) is 0 Å². The molecule has 2 aromatic rings. The normalized spacial score (nSPS) is 28.1. The van der Waals surface area contributed by atoms with Crippen molar-refractivity contribution in [3.63, 3.8) is 0 Å². The van der Waals surface area contributed by atoms with E-state index in [4.69, 9.17) is 5.73 Å². The van der Waals surface area contributed by atoms with Crippen LogP contribution in [0.4, 0.5) is 0 Å². The fraction of sp³-hybridized carbons (Fsp3) is 0.419. The van der Waals surface area contributed by atoms with Gasteiger partial charge in [-0.15, -0.1) is 0 Å². The quantitative estimate of drug-likeness (QED) is 0.384. The van der Waals surface area contributed by atoms with Crippen molar-refractivity contribution in [3.05, 3.63) is 70.0 Å². The van der Waals surface area contributed by atoms with Crippen LogP contribution in [0.2, 0.25) is 0 Å². The first-order valence-corrected chi connectivity index (χ1v) is 13.4. The van der Waals surface area contributed by atoms with Crippen LogP contribution in [0.3, 0.4) is 0 Å². The van der Waals surface area contributed by atoms with Crippen molar-refractivity contribution in [1.29, 1.82) is 0 Å². The summed E-state index contributed by atoms with van der Waals surface area (Å²) in [6.45, 7) is 2.01. The van der Waals surface area contributed by atoms with E-state index in [-0.39, 0.29) is 28.4 Å². The molecule has 1 saturated carbocycles. The zero-order valence-electron chi connectivity index (χ0n) is 23.5. The Morgan fingerprint density at radius 2 is 1.73 bits per heavy atom. The summed E-state index contributed by atoms with van der Waals surface area (Å²) in [7, 11) is 7.44. The number of fused-ring (bicyclic) bond motifs is 3. The Morgan fingerprint density at radius 3 is 2.35 bits per heavy atom. The molecule has 212 valence electrons. The summed E-state index contributed by atoms with van der Waals surface area (Å²) in [5.74, 6) is -4.40. The molecule has 0 aromatic heterocycles. The molecule has 3 aliphatic carbocycles. The molecule has 9 nitrogen and oxygen atoms in total. The molecule has 5 rings (SSSR count). The number of carbonyl (C=O) groups is 2. The fourth-order valence-corrected chi connectivity index (χ4v) is 7.40. The van der Waals surface area contributed by atoms with Crippen LogP contribution in [-0.2, 0) is 22.6 Å². The van der Waals surface area contributed by atoms with Crippen LogP contribution in [0.1, 0.15) is 30.0 Å². The number of aliphatic hydroxyl groups is 3. The molecule has 40 heavy (non-hydrogen) atoms. The number of nitrogens with zero attached hydrogens (tertiary/aromatic N) is 2. The van der Waals surface area contributed by atoms with Crippen molar-refractivity contribution >= 4 is 17.4 Å². The van der Waals surface area contributed by atoms with Gasteiger partial charge in [0.05, 0.1) is 23.1 Å². The lowest BCUT2D eigenvalue weighted by atomic mass is 9.55. The molecule has 2 aromatic carbocycles. The lowest BCUT2D eigenvalue weighted by molar-refractivity contribution is -0.139. The number of allylic oxidation sites excluding steroid dienone is 1. The first-order valence-electron chi connectivity index (χ1n) is 13.4. The molecule has 1 amide bonds. The molecule has 0 heterocycles. The third kappa shape index (κ3) is 4.11. The molecule has 5 atom stereocenters. The number of amides is 1. The molecule has 0 aliphatic heterocycles. The second kappa shape index (κ2) is 9.76. The van der Waals surface area contributed by atoms with E-state index in [1.807, 2.05) is 44.4 Å². The monoisotopic (exact) mass is 547 g/mol. The zero-order valence-corrected chi connectivity index (χ0v) is 23.5. The Hall–Kier alpha value is -3.66. The highest BCUT2D eigenvalue weighted by Crippen LogP contribution is 2.55. The minimum absolute atomic E-state index is 0.130. The summed E-state index contributed by atoms with van der Waals surface area (Å²) in [5.41, 5.74) is 7.15. The first-order chi connectivity index (χ1) is 18.8. The standard InChI is InChI=1S/C31H37N3O6/c1-31(40)24-20(26(34(4)5)29(38)25(31)30(32)39)13-16-12-19-18(17-9-7-6-8-15(17)14-33(2)3)10-11-21(35)23(19)27(36)22(16)28(24)37/h6-11,16,20,24,26,35-36,38,40H,12-14H2,1-5H3,(H2,32,39). The fourth-order valence-electron chi connectivity index (χ4n) is 7.40. The van der Waals surface area contributed by atoms with E-state index in [0.29, 0.717) is 19.4 Å². The van der Waals surface area contributed by atoms with E-state index in [1.165, 1.54) is 13.0 Å². The van der Waals surface area contributed by atoms with Gasteiger partial charge in [0, 0.05) is 12.1 Å². The van der Waals surface area contributed by atoms with Gasteiger partial charge in [-0.25, -0.2) is 0 Å². The highest BCUT2D eigenvalue weighted by Gasteiger charge is 2.60. The highest BCUT2D eigenvalue weighted by atomic mass is 16.3. The molecule has 0 bridgehead atoms. The van der Waals surface area contributed by atoms with E-state index in [1.54, 1.807) is 19.0 Å². The maximum atomic E-state index is 14.2. The summed E-state index contributed by atoms with van der Waals surface area (Å²) < 4.78 is 0. The second-order valence-corrected chi connectivity index (χ2v) is 12.0. The van der Waals surface area contributed by atoms with E-state index < -0.39 is 46.7 Å². The number of rotatable bonds is 5. The van der Waals surface area contributed by atoms with Crippen molar-refractivity contribution < 1.29 is 30.0 Å². The van der Waals surface area contributed by atoms with Crippen molar-refractivity contribution in [2.75, 3.05) is 28.2 Å². The molecule has 0 radical (unpaired) electrons. The van der Waals surface area contributed by atoms with Gasteiger partial charge in [-0.3, -0.25) is 14.5 Å². The molecule has 3 aliphatic rings. The highest BCUT2D eigenvalue weighted by molar-refractivity contribution is 6.08. The number of aliphatic hydroxyl groups excluding tert-OH is 2. The van der Waals surface area contributed by atoms with Crippen molar-refractivity contribution in [3.8, 4) is 16.9 Å². The SMILES string of the molecule is CN(C)Cc1ccccc1-c1ccc(O)c2c1CC1CC3C(N(C)C)C(O)=C(C(N)=O)C(C)(O)C3C(=O)C1=C2O. The average molecular weight is 548 g/mol. The third-order valence-corrected chi connectivity index (χ3v) is 8.82. The van der Waals surface area contributed by atoms with Gasteiger partial charge in [0.1, 0.15) is 22.9 Å². The van der Waals surface area contributed by atoms with Gasteiger partial charge in [-0.1, -0.05) is 30.3 Å². The Balaban J connectivity index is 1.70. The minimum Gasteiger partial charge on any atom is -0.510 e. The number of hydrogen-bond acceptors (Lipinski definition) is 8. The summed E-state index contributed by atoms with van der Waals surface area (Å²) in [5, 5.41) is 45.2. The molecule has 0 saturated heterocycles. The van der Waals surface area contributed by atoms with E-state index in [0.717, 1.165) is 22.3 Å². The zero-order chi connectivity index (χ0) is 29.3. The predicted molar refractivity (Wildman–Crippen MR) is 151 cm³/mol. The second-order valence-electron chi connectivity index (χ2n) is 12.0. The number of aromatic hydroxyl groups is 1. The molecular weight excluding hydrogens is 510 g/mol. The Labute approximate surface area is 233 Å². The average Bonchev–Trinajstić information content (AvgIpc) is 2.83. The number of primary amides is 1. The maximum Gasteiger partial charge on any atom is 0.251 e. The minimum atomic E-state index is -2.04. The number of Topliss-reactive ketones (excluding diaryl/α,β-unsaturated/α-hetero) is 1. The summed E-state index contributed by atoms with van der Waals surface area (Å²) in [6.07, 6.45) is 0.734. The van der Waals surface area contributed by atoms with E-state index >= 15 is 0 Å². The topological polar surface area (TPSA) is 148 Å². The Morgan fingerprint density at radius 1 is 1.05 bits per heavy atom. The molecule has 5 unspecified atom stereocenters. The number of benzene rings is 2. The first kappa shape index (κ1) is 27.9. The van der Waals surface area contributed by atoms with Crippen LogP contribution in [0.15, 0.2) is 53.3 Å². The smallest absolute Gasteiger partial charge is 0.251 e. The third-order valence-electron chi connectivity index (χ3n) is 8.82. The van der Waals surface area contributed by atoms with Gasteiger partial charge in [0.15, 0.2) is 5.78 Å². The van der Waals surface area contributed by atoms with Crippen molar-refractivity contribution in [2.24, 2.45) is 23.5 Å². The molecule has 0 spiro atoms. The van der Waals surface area contributed by atoms with Crippen LogP contribution in [0, 0.1) is 17.8 Å². The lowest BCUT2D eigenvalue weighted by Gasteiger charge is -2.52. The lowest BCUT2D eigenvalue weighted by Crippen LogP contribution is -2.61. The number of phenolic OH excluding ortho intramolecular Hbond substituents is 1. The molecule has 9 heteroatoms. The number of ketones is 1. The molecule has 1 fully saturated rings. The van der Waals surface area contributed by atoms with Gasteiger partial charge in [0.25, 0.3) is 5.91 Å². The van der Waals surface area contributed by atoms with E-state index in [9.17, 15) is 30.0 Å². The number of nitrogens with two attached hydrogens (primary N) is 1. The number of phenols is 1. The Bertz CT molecular complexity index is 1470. The molecule has 6 N–H and O–H groups in total. The van der Waals surface area contributed by atoms with Gasteiger partial charge in [-0.05, 0) is 88.1 Å².